The van der Waals surface area contributed by atoms with Crippen LogP contribution < -0.4 is 21.3 Å². The van der Waals surface area contributed by atoms with Gasteiger partial charge in [0.05, 0.1) is 6.42 Å². The summed E-state index contributed by atoms with van der Waals surface area (Å²) in [7, 11) is 0. The van der Waals surface area contributed by atoms with E-state index in [0.717, 1.165) is 0 Å². The number of carbonyl (C=O) groups excluding carboxylic acids is 5. The fourth-order valence-electron chi connectivity index (χ4n) is 2.32. The van der Waals surface area contributed by atoms with Crippen LogP contribution in [-0.4, -0.2) is 73.5 Å². The van der Waals surface area contributed by atoms with Crippen molar-refractivity contribution in [1.82, 2.24) is 21.3 Å². The van der Waals surface area contributed by atoms with E-state index in [1.807, 2.05) is 0 Å². The molecule has 32 heavy (non-hydrogen) atoms. The van der Waals surface area contributed by atoms with Crippen molar-refractivity contribution in [2.75, 3.05) is 26.2 Å². The maximum absolute atomic E-state index is 12.1. The van der Waals surface area contributed by atoms with Gasteiger partial charge in [-0.1, -0.05) is 13.2 Å². The lowest BCUT2D eigenvalue weighted by molar-refractivity contribution is -0.154. The van der Waals surface area contributed by atoms with Gasteiger partial charge < -0.3 is 31.1 Å². The molecule has 0 saturated heterocycles. The van der Waals surface area contributed by atoms with Gasteiger partial charge in [0.1, 0.15) is 12.0 Å². The van der Waals surface area contributed by atoms with Crippen molar-refractivity contribution in [3.05, 3.63) is 24.3 Å². The van der Waals surface area contributed by atoms with Crippen LogP contribution in [0.4, 0.5) is 0 Å². The lowest BCUT2D eigenvalue weighted by Gasteiger charge is -2.22. The molecular formula is C20H30N4O8. The molecule has 12 heteroatoms. The Balaban J connectivity index is 4.68. The molecule has 0 aromatic rings. The summed E-state index contributed by atoms with van der Waals surface area (Å²) >= 11 is 0. The van der Waals surface area contributed by atoms with Gasteiger partial charge in [0.25, 0.3) is 6.47 Å². The summed E-state index contributed by atoms with van der Waals surface area (Å²) < 4.78 is 4.75. The number of hydrogen-bond donors (Lipinski definition) is 5. The summed E-state index contributed by atoms with van der Waals surface area (Å²) in [6.07, 6.45) is -2.43. The third-order valence-corrected chi connectivity index (χ3v) is 4.03. The van der Waals surface area contributed by atoms with Crippen molar-refractivity contribution >= 4 is 36.1 Å². The first-order chi connectivity index (χ1) is 15.0. The fourth-order valence-corrected chi connectivity index (χ4v) is 2.32. The number of rotatable bonds is 16. The van der Waals surface area contributed by atoms with Crippen LogP contribution >= 0.6 is 0 Å². The molecule has 0 aromatic heterocycles. The normalized spacial score (nSPS) is 11.8. The van der Waals surface area contributed by atoms with Crippen LogP contribution in [0.1, 0.15) is 26.7 Å². The lowest BCUT2D eigenvalue weighted by atomic mass is 9.95. The summed E-state index contributed by atoms with van der Waals surface area (Å²) in [5.41, 5.74) is 0.601. The van der Waals surface area contributed by atoms with Crippen molar-refractivity contribution in [1.29, 1.82) is 0 Å². The predicted octanol–water partition coefficient (Wildman–Crippen LogP) is -1.37. The summed E-state index contributed by atoms with van der Waals surface area (Å²) in [6, 6.07) is 0. The van der Waals surface area contributed by atoms with Crippen molar-refractivity contribution in [2.24, 2.45) is 5.92 Å². The molecule has 0 aromatic carbocycles. The van der Waals surface area contributed by atoms with Gasteiger partial charge in [-0.3, -0.25) is 28.8 Å². The van der Waals surface area contributed by atoms with Gasteiger partial charge in [-0.15, -0.1) is 0 Å². The topological polar surface area (TPSA) is 180 Å². The Kier molecular flexibility index (Phi) is 13.4. The van der Waals surface area contributed by atoms with E-state index in [0.29, 0.717) is 11.1 Å². The van der Waals surface area contributed by atoms with E-state index in [2.05, 4.69) is 34.4 Å². The highest BCUT2D eigenvalue weighted by Gasteiger charge is 2.33. The molecule has 0 saturated carbocycles. The fraction of sp³-hybridized carbons (Fsp3) is 0.500. The van der Waals surface area contributed by atoms with Crippen LogP contribution in [0.2, 0.25) is 0 Å². The van der Waals surface area contributed by atoms with Crippen LogP contribution in [0.25, 0.3) is 0 Å². The van der Waals surface area contributed by atoms with Crippen LogP contribution in [0.3, 0.4) is 0 Å². The third-order valence-electron chi connectivity index (χ3n) is 4.03. The Morgan fingerprint density at radius 2 is 1.22 bits per heavy atom. The van der Waals surface area contributed by atoms with Crippen molar-refractivity contribution in [3.63, 3.8) is 0 Å². The molecule has 0 aliphatic carbocycles. The number of aliphatic carboxylic acids is 1. The molecule has 0 aliphatic rings. The standard InChI is InChI=1S/C20H30N4O8/c1-12(2)18(28)23-7-5-21-16(26)9-14(20(30)31)15(32-11-25)10-17(27)22-6-8-24-19(29)13(3)4/h11,14-15H,1,3,5-10H2,2,4H3,(H,21,26)(H,22,27)(H,23,28)(H,24,29)(H,30,31). The monoisotopic (exact) mass is 454 g/mol. The lowest BCUT2D eigenvalue weighted by Crippen LogP contribution is -2.41. The van der Waals surface area contributed by atoms with Crippen molar-refractivity contribution < 1.29 is 38.6 Å². The van der Waals surface area contributed by atoms with E-state index in [1.54, 1.807) is 0 Å². The molecule has 5 N–H and O–H groups in total. The minimum absolute atomic E-state index is 0.00597. The molecule has 2 unspecified atom stereocenters. The summed E-state index contributed by atoms with van der Waals surface area (Å²) in [5, 5.41) is 19.3. The first kappa shape index (κ1) is 28.3. The average Bonchev–Trinajstić information content (AvgIpc) is 2.71. The third kappa shape index (κ3) is 12.1. The number of amides is 4. The molecule has 12 nitrogen and oxygen atoms in total. The SMILES string of the molecule is C=C(C)C(=O)NCCNC(=O)CC(OC=O)C(CC(=O)NCCNC(=O)C(=C)C)C(=O)O. The quantitative estimate of drug-likeness (QED) is 0.108. The van der Waals surface area contributed by atoms with Crippen LogP contribution in [0.5, 0.6) is 0 Å². The van der Waals surface area contributed by atoms with E-state index in [4.69, 9.17) is 4.74 Å². The largest absolute Gasteiger partial charge is 0.481 e. The molecule has 0 rings (SSSR count). The molecule has 4 amide bonds. The molecule has 0 heterocycles. The second-order valence-electron chi connectivity index (χ2n) is 6.90. The predicted molar refractivity (Wildman–Crippen MR) is 113 cm³/mol. The number of nitrogens with one attached hydrogen (secondary N) is 4. The highest BCUT2D eigenvalue weighted by Crippen LogP contribution is 2.16. The molecule has 0 radical (unpaired) electrons. The van der Waals surface area contributed by atoms with E-state index < -0.39 is 42.6 Å². The zero-order valence-corrected chi connectivity index (χ0v) is 18.2. The Labute approximate surface area is 185 Å². The number of ether oxygens (including phenoxy) is 1. The van der Waals surface area contributed by atoms with Gasteiger partial charge in [-0.2, -0.15) is 0 Å². The molecule has 178 valence electrons. The van der Waals surface area contributed by atoms with Crippen LogP contribution in [-0.2, 0) is 33.5 Å². The first-order valence-electron chi connectivity index (χ1n) is 9.72. The summed E-state index contributed by atoms with van der Waals surface area (Å²) in [4.78, 5) is 69.2. The van der Waals surface area contributed by atoms with Gasteiger partial charge in [-0.05, 0) is 13.8 Å². The minimum atomic E-state index is -1.47. The molecule has 0 spiro atoms. The summed E-state index contributed by atoms with van der Waals surface area (Å²) in [5.74, 6) is -4.95. The zero-order chi connectivity index (χ0) is 24.7. The van der Waals surface area contributed by atoms with Gasteiger partial charge in [0.2, 0.25) is 23.6 Å². The molecule has 0 fully saturated rings. The van der Waals surface area contributed by atoms with Crippen LogP contribution in [0.15, 0.2) is 24.3 Å². The van der Waals surface area contributed by atoms with Gasteiger partial charge in [0.15, 0.2) is 0 Å². The highest BCUT2D eigenvalue weighted by atomic mass is 16.5. The number of hydrogen-bond acceptors (Lipinski definition) is 7. The highest BCUT2D eigenvalue weighted by molar-refractivity contribution is 5.92. The molecular weight excluding hydrogens is 424 g/mol. The van der Waals surface area contributed by atoms with Gasteiger partial charge in [-0.25, -0.2) is 0 Å². The minimum Gasteiger partial charge on any atom is -0.481 e. The number of carbonyl (C=O) groups is 6. The second kappa shape index (κ2) is 15.2. The molecule has 0 aliphatic heterocycles. The summed E-state index contributed by atoms with van der Waals surface area (Å²) in [6.45, 7) is 10.3. The van der Waals surface area contributed by atoms with E-state index in [1.165, 1.54) is 13.8 Å². The Morgan fingerprint density at radius 3 is 1.59 bits per heavy atom. The van der Waals surface area contributed by atoms with Crippen LogP contribution in [0, 0.1) is 5.92 Å². The Bertz CT molecular complexity index is 750. The van der Waals surface area contributed by atoms with Gasteiger partial charge in [0, 0.05) is 43.7 Å². The van der Waals surface area contributed by atoms with E-state index in [9.17, 15) is 33.9 Å². The maximum atomic E-state index is 12.1. The number of carboxylic acid groups (broad SMARTS) is 1. The van der Waals surface area contributed by atoms with Crippen molar-refractivity contribution in [2.45, 2.75) is 32.8 Å². The first-order valence-corrected chi connectivity index (χ1v) is 9.72. The van der Waals surface area contributed by atoms with Crippen molar-refractivity contribution in [3.8, 4) is 0 Å². The zero-order valence-electron chi connectivity index (χ0n) is 18.2. The Morgan fingerprint density at radius 1 is 0.812 bits per heavy atom. The van der Waals surface area contributed by atoms with E-state index in [-0.39, 0.29) is 44.5 Å². The maximum Gasteiger partial charge on any atom is 0.310 e. The Hall–Kier alpha value is -3.70. The van der Waals surface area contributed by atoms with E-state index >= 15 is 0 Å². The molecule has 0 bridgehead atoms. The smallest absolute Gasteiger partial charge is 0.310 e. The number of carboxylic acids is 1. The molecule has 2 atom stereocenters. The second-order valence-corrected chi connectivity index (χ2v) is 6.90. The average molecular weight is 454 g/mol. The van der Waals surface area contributed by atoms with Gasteiger partial charge >= 0.3 is 5.97 Å².